The minimum atomic E-state index is -0.512. The zero-order valence-corrected chi connectivity index (χ0v) is 14.1. The molecule has 0 spiro atoms. The largest absolute Gasteiger partial charge is 0.490 e. The van der Waals surface area contributed by atoms with E-state index < -0.39 is 10.9 Å². The third kappa shape index (κ3) is 5.88. The van der Waals surface area contributed by atoms with Gasteiger partial charge in [-0.1, -0.05) is 22.0 Å². The van der Waals surface area contributed by atoms with E-state index in [4.69, 9.17) is 14.2 Å². The summed E-state index contributed by atoms with van der Waals surface area (Å²) in [7, 11) is 0. The van der Waals surface area contributed by atoms with Crippen LogP contribution in [0.5, 0.6) is 11.5 Å². The fraction of sp³-hybridized carbons (Fsp3) is 0.188. The van der Waals surface area contributed by atoms with Gasteiger partial charge in [0.25, 0.3) is 5.69 Å². The summed E-state index contributed by atoms with van der Waals surface area (Å²) in [5, 5.41) is 10.5. The normalized spacial score (nSPS) is 10.0. The number of carbonyl (C=O) groups is 1. The number of nitro groups is 1. The van der Waals surface area contributed by atoms with Crippen molar-refractivity contribution in [3.8, 4) is 11.5 Å². The molecule has 7 nitrogen and oxygen atoms in total. The van der Waals surface area contributed by atoms with Crippen LogP contribution in [0.15, 0.2) is 53.0 Å². The Morgan fingerprint density at radius 2 is 1.79 bits per heavy atom. The summed E-state index contributed by atoms with van der Waals surface area (Å²) < 4.78 is 16.4. The molecule has 0 aromatic heterocycles. The third-order valence-electron chi connectivity index (χ3n) is 2.82. The van der Waals surface area contributed by atoms with Crippen molar-refractivity contribution in [1.29, 1.82) is 0 Å². The van der Waals surface area contributed by atoms with E-state index in [-0.39, 0.29) is 25.5 Å². The molecule has 2 rings (SSSR count). The number of ether oxygens (including phenoxy) is 3. The highest BCUT2D eigenvalue weighted by molar-refractivity contribution is 9.10. The highest BCUT2D eigenvalue weighted by atomic mass is 79.9. The Hall–Kier alpha value is -2.61. The molecule has 126 valence electrons. The lowest BCUT2D eigenvalue weighted by atomic mass is 10.3. The molecule has 0 aliphatic carbocycles. The molecule has 0 atom stereocenters. The molecule has 0 unspecified atom stereocenters. The Morgan fingerprint density at radius 1 is 1.04 bits per heavy atom. The lowest BCUT2D eigenvalue weighted by molar-refractivity contribution is -0.384. The van der Waals surface area contributed by atoms with Gasteiger partial charge in [0.05, 0.1) is 4.92 Å². The average Bonchev–Trinajstić information content (AvgIpc) is 2.57. The van der Waals surface area contributed by atoms with E-state index >= 15 is 0 Å². The highest BCUT2D eigenvalue weighted by Gasteiger charge is 2.06. The van der Waals surface area contributed by atoms with Crippen molar-refractivity contribution in [2.75, 3.05) is 19.8 Å². The Balaban J connectivity index is 1.64. The van der Waals surface area contributed by atoms with Crippen molar-refractivity contribution in [1.82, 2.24) is 0 Å². The zero-order chi connectivity index (χ0) is 17.4. The van der Waals surface area contributed by atoms with Crippen LogP contribution < -0.4 is 9.47 Å². The molecule has 2 aromatic carbocycles. The third-order valence-corrected chi connectivity index (χ3v) is 3.31. The summed E-state index contributed by atoms with van der Waals surface area (Å²) in [6.07, 6.45) is 0. The van der Waals surface area contributed by atoms with Crippen LogP contribution in [0.1, 0.15) is 0 Å². The summed E-state index contributed by atoms with van der Waals surface area (Å²) in [4.78, 5) is 21.6. The number of nitrogens with zero attached hydrogens (tertiary/aromatic N) is 1. The molecular formula is C16H14BrNO6. The number of nitro benzene ring substituents is 1. The van der Waals surface area contributed by atoms with Gasteiger partial charge in [-0.25, -0.2) is 4.79 Å². The number of non-ortho nitro benzene ring substituents is 1. The maximum atomic E-state index is 11.5. The number of rotatable bonds is 8. The van der Waals surface area contributed by atoms with Crippen molar-refractivity contribution in [2.45, 2.75) is 0 Å². The van der Waals surface area contributed by atoms with Crippen LogP contribution in [0.2, 0.25) is 0 Å². The van der Waals surface area contributed by atoms with E-state index in [1.54, 1.807) is 18.2 Å². The number of halogens is 1. The van der Waals surface area contributed by atoms with Gasteiger partial charge in [-0.2, -0.15) is 0 Å². The van der Waals surface area contributed by atoms with E-state index in [1.165, 1.54) is 24.3 Å². The molecule has 0 aliphatic heterocycles. The molecule has 0 N–H and O–H groups in total. The Morgan fingerprint density at radius 3 is 2.46 bits per heavy atom. The van der Waals surface area contributed by atoms with Crippen LogP contribution >= 0.6 is 15.9 Å². The number of esters is 1. The van der Waals surface area contributed by atoms with Crippen molar-refractivity contribution in [3.63, 3.8) is 0 Å². The maximum absolute atomic E-state index is 11.5. The summed E-state index contributed by atoms with van der Waals surface area (Å²) in [6.45, 7) is -0.00785. The molecule has 2 aromatic rings. The van der Waals surface area contributed by atoms with Crippen LogP contribution in [0, 0.1) is 10.1 Å². The van der Waals surface area contributed by atoms with E-state index in [0.717, 1.165) is 4.47 Å². The Bertz CT molecular complexity index is 704. The van der Waals surface area contributed by atoms with Gasteiger partial charge in [0.15, 0.2) is 6.61 Å². The van der Waals surface area contributed by atoms with Gasteiger partial charge in [-0.3, -0.25) is 10.1 Å². The van der Waals surface area contributed by atoms with Gasteiger partial charge in [-0.05, 0) is 30.3 Å². The standard InChI is InChI=1S/C16H14BrNO6/c17-12-2-1-3-15(10-12)24-11-16(19)23-9-8-22-14-6-4-13(5-7-14)18(20)21/h1-7,10H,8-9,11H2. The smallest absolute Gasteiger partial charge is 0.344 e. The van der Waals surface area contributed by atoms with Crippen molar-refractivity contribution in [3.05, 3.63) is 63.1 Å². The highest BCUT2D eigenvalue weighted by Crippen LogP contribution is 2.18. The van der Waals surface area contributed by atoms with Gasteiger partial charge >= 0.3 is 5.97 Å². The maximum Gasteiger partial charge on any atom is 0.344 e. The number of hydrogen-bond donors (Lipinski definition) is 0. The van der Waals surface area contributed by atoms with Gasteiger partial charge < -0.3 is 14.2 Å². The fourth-order valence-corrected chi connectivity index (χ4v) is 2.10. The minimum absolute atomic E-state index is 0.0153. The van der Waals surface area contributed by atoms with E-state index in [9.17, 15) is 14.9 Å². The molecule has 0 bridgehead atoms. The summed E-state index contributed by atoms with van der Waals surface area (Å²) >= 11 is 3.30. The van der Waals surface area contributed by atoms with Crippen LogP contribution in [0.4, 0.5) is 5.69 Å². The molecule has 0 amide bonds. The predicted octanol–water partition coefficient (Wildman–Crippen LogP) is 3.36. The Labute approximate surface area is 146 Å². The lowest BCUT2D eigenvalue weighted by Gasteiger charge is -2.08. The molecular weight excluding hydrogens is 382 g/mol. The first-order valence-electron chi connectivity index (χ1n) is 6.96. The second kappa shape index (κ2) is 8.88. The van der Waals surface area contributed by atoms with Gasteiger partial charge in [0.1, 0.15) is 24.7 Å². The molecule has 8 heteroatoms. The molecule has 0 fully saturated rings. The molecule has 24 heavy (non-hydrogen) atoms. The van der Waals surface area contributed by atoms with Gasteiger partial charge in [-0.15, -0.1) is 0 Å². The SMILES string of the molecule is O=C(COc1cccc(Br)c1)OCCOc1ccc([N+](=O)[O-])cc1. The first kappa shape index (κ1) is 17.7. The zero-order valence-electron chi connectivity index (χ0n) is 12.5. The van der Waals surface area contributed by atoms with Crippen LogP contribution in [0.25, 0.3) is 0 Å². The first-order chi connectivity index (χ1) is 11.5. The van der Waals surface area contributed by atoms with E-state index in [1.807, 2.05) is 6.07 Å². The van der Waals surface area contributed by atoms with Crippen molar-refractivity contribution < 1.29 is 23.9 Å². The van der Waals surface area contributed by atoms with Crippen LogP contribution in [0.3, 0.4) is 0 Å². The minimum Gasteiger partial charge on any atom is -0.490 e. The summed E-state index contributed by atoms with van der Waals surface area (Å²) in [5.74, 6) is 0.507. The summed E-state index contributed by atoms with van der Waals surface area (Å²) in [5.41, 5.74) is -0.0153. The van der Waals surface area contributed by atoms with E-state index in [2.05, 4.69) is 15.9 Å². The molecule has 0 saturated carbocycles. The van der Waals surface area contributed by atoms with Gasteiger partial charge in [0, 0.05) is 16.6 Å². The Kier molecular flexibility index (Phi) is 6.56. The molecule has 0 saturated heterocycles. The molecule has 0 aliphatic rings. The van der Waals surface area contributed by atoms with Gasteiger partial charge in [0.2, 0.25) is 0 Å². The first-order valence-corrected chi connectivity index (χ1v) is 7.75. The predicted molar refractivity (Wildman–Crippen MR) is 89.2 cm³/mol. The number of benzene rings is 2. The van der Waals surface area contributed by atoms with Crippen molar-refractivity contribution in [2.24, 2.45) is 0 Å². The van der Waals surface area contributed by atoms with Crippen LogP contribution in [-0.4, -0.2) is 30.7 Å². The molecule has 0 heterocycles. The quantitative estimate of drug-likeness (QED) is 0.294. The number of hydrogen-bond acceptors (Lipinski definition) is 6. The lowest BCUT2D eigenvalue weighted by Crippen LogP contribution is -2.18. The summed E-state index contributed by atoms with van der Waals surface area (Å²) in [6, 6.07) is 12.8. The average molecular weight is 396 g/mol. The van der Waals surface area contributed by atoms with E-state index in [0.29, 0.717) is 11.5 Å². The van der Waals surface area contributed by atoms with Crippen molar-refractivity contribution >= 4 is 27.6 Å². The van der Waals surface area contributed by atoms with Crippen LogP contribution in [-0.2, 0) is 9.53 Å². The second-order valence-corrected chi connectivity index (χ2v) is 5.48. The number of carbonyl (C=O) groups excluding carboxylic acids is 1. The topological polar surface area (TPSA) is 87.9 Å². The fourth-order valence-electron chi connectivity index (χ4n) is 1.72. The monoisotopic (exact) mass is 395 g/mol. The molecule has 0 radical (unpaired) electrons. The second-order valence-electron chi connectivity index (χ2n) is 4.57.